The Morgan fingerprint density at radius 2 is 1.97 bits per heavy atom. The van der Waals surface area contributed by atoms with E-state index in [9.17, 15) is 13.2 Å². The third-order valence-electron chi connectivity index (χ3n) is 3.56. The molecule has 160 valence electrons. The summed E-state index contributed by atoms with van der Waals surface area (Å²) in [7, 11) is 0. The first-order valence-electron chi connectivity index (χ1n) is 8.77. The van der Waals surface area contributed by atoms with E-state index >= 15 is 0 Å². The maximum atomic E-state index is 12.3. The van der Waals surface area contributed by atoms with Crippen LogP contribution in [0.3, 0.4) is 0 Å². The van der Waals surface area contributed by atoms with Crippen molar-refractivity contribution in [3.8, 4) is 5.75 Å². The molecule has 5 nitrogen and oxygen atoms in total. The van der Waals surface area contributed by atoms with Crippen molar-refractivity contribution in [2.45, 2.75) is 26.1 Å². The smallest absolute Gasteiger partial charge is 0.422 e. The third-order valence-corrected chi connectivity index (χ3v) is 3.78. The Bertz CT molecular complexity index is 773. The van der Waals surface area contributed by atoms with Gasteiger partial charge in [-0.1, -0.05) is 29.8 Å². The van der Waals surface area contributed by atoms with Crippen LogP contribution in [-0.4, -0.2) is 36.8 Å². The molecule has 0 radical (unpaired) electrons. The van der Waals surface area contributed by atoms with Crippen molar-refractivity contribution in [3.63, 3.8) is 0 Å². The maximum absolute atomic E-state index is 12.3. The molecule has 0 aliphatic rings. The fraction of sp³-hybridized carbons (Fsp3) is 0.368. The molecule has 0 aliphatic carbocycles. The van der Waals surface area contributed by atoms with E-state index in [-0.39, 0.29) is 29.7 Å². The molecule has 1 heterocycles. The molecule has 29 heavy (non-hydrogen) atoms. The van der Waals surface area contributed by atoms with Gasteiger partial charge in [0.1, 0.15) is 10.9 Å². The molecule has 0 aliphatic heterocycles. The predicted octanol–water partition coefficient (Wildman–Crippen LogP) is 4.59. The lowest BCUT2D eigenvalue weighted by Gasteiger charge is -2.12. The summed E-state index contributed by atoms with van der Waals surface area (Å²) >= 11 is 5.77. The van der Waals surface area contributed by atoms with Crippen LogP contribution in [0, 0.1) is 0 Å². The molecule has 0 amide bonds. The monoisotopic (exact) mass is 542 g/mol. The lowest BCUT2D eigenvalue weighted by atomic mass is 10.2. The molecule has 0 atom stereocenters. The van der Waals surface area contributed by atoms with E-state index in [0.29, 0.717) is 30.7 Å². The third kappa shape index (κ3) is 10.6. The highest BCUT2D eigenvalue weighted by Crippen LogP contribution is 2.19. The molecule has 1 aromatic carbocycles. The second-order valence-electron chi connectivity index (χ2n) is 5.91. The lowest BCUT2D eigenvalue weighted by molar-refractivity contribution is -0.153. The molecule has 2 rings (SSSR count). The number of alkyl halides is 3. The summed E-state index contributed by atoms with van der Waals surface area (Å²) < 4.78 is 41.6. The number of rotatable bonds is 8. The molecule has 0 unspecified atom stereocenters. The first-order valence-corrected chi connectivity index (χ1v) is 9.14. The van der Waals surface area contributed by atoms with E-state index in [2.05, 4.69) is 20.6 Å². The van der Waals surface area contributed by atoms with E-state index in [0.717, 1.165) is 17.5 Å². The van der Waals surface area contributed by atoms with Crippen molar-refractivity contribution in [2.75, 3.05) is 19.7 Å². The summed E-state index contributed by atoms with van der Waals surface area (Å²) in [6, 6.07) is 10.1. The fourth-order valence-electron chi connectivity index (χ4n) is 2.29. The Labute approximate surface area is 190 Å². The van der Waals surface area contributed by atoms with Gasteiger partial charge >= 0.3 is 6.18 Å². The fourth-order valence-corrected chi connectivity index (χ4v) is 2.40. The Morgan fingerprint density at radius 1 is 1.17 bits per heavy atom. The first kappa shape index (κ1) is 25.3. The zero-order valence-electron chi connectivity index (χ0n) is 15.8. The minimum atomic E-state index is -4.37. The van der Waals surface area contributed by atoms with Crippen LogP contribution in [0.4, 0.5) is 13.2 Å². The topological polar surface area (TPSA) is 58.5 Å². The van der Waals surface area contributed by atoms with Gasteiger partial charge in [0.15, 0.2) is 12.6 Å². The number of halogens is 5. The average Bonchev–Trinajstić information content (AvgIpc) is 2.66. The largest absolute Gasteiger partial charge is 0.484 e. The standard InChI is InChI=1S/C19H22ClF3N4O.HI/c1-2-24-18(25-9-8-14-6-7-17(20)26-11-14)27-12-15-4-3-5-16(10-15)28-13-19(21,22)23;/h3-7,10-11H,2,8-9,12-13H2,1H3,(H2,24,25,27);1H. The zero-order valence-corrected chi connectivity index (χ0v) is 18.9. The minimum Gasteiger partial charge on any atom is -0.484 e. The van der Waals surface area contributed by atoms with Crippen molar-refractivity contribution >= 4 is 41.5 Å². The average molecular weight is 543 g/mol. The van der Waals surface area contributed by atoms with E-state index < -0.39 is 12.8 Å². The van der Waals surface area contributed by atoms with Crippen molar-refractivity contribution in [3.05, 3.63) is 58.9 Å². The Morgan fingerprint density at radius 3 is 2.62 bits per heavy atom. The van der Waals surface area contributed by atoms with Crippen LogP contribution < -0.4 is 15.4 Å². The van der Waals surface area contributed by atoms with Gasteiger partial charge in [-0.3, -0.25) is 0 Å². The molecule has 0 saturated heterocycles. The first-order chi connectivity index (χ1) is 13.4. The molecule has 0 bridgehead atoms. The predicted molar refractivity (Wildman–Crippen MR) is 119 cm³/mol. The van der Waals surface area contributed by atoms with Crippen LogP contribution in [0.1, 0.15) is 18.1 Å². The lowest BCUT2D eigenvalue weighted by Crippen LogP contribution is -2.38. The molecule has 10 heteroatoms. The number of guanidine groups is 1. The van der Waals surface area contributed by atoms with Crippen LogP contribution in [0.15, 0.2) is 47.6 Å². The van der Waals surface area contributed by atoms with Gasteiger partial charge in [0, 0.05) is 19.3 Å². The highest BCUT2D eigenvalue weighted by Gasteiger charge is 2.28. The summed E-state index contributed by atoms with van der Waals surface area (Å²) in [6.07, 6.45) is -1.90. The summed E-state index contributed by atoms with van der Waals surface area (Å²) in [5.41, 5.74) is 1.79. The number of nitrogens with one attached hydrogen (secondary N) is 2. The summed E-state index contributed by atoms with van der Waals surface area (Å²) in [5, 5.41) is 6.79. The number of benzene rings is 1. The second kappa shape index (κ2) is 12.7. The minimum absolute atomic E-state index is 0. The number of aromatic nitrogens is 1. The van der Waals surface area contributed by atoms with Gasteiger partial charge in [-0.25, -0.2) is 9.98 Å². The number of ether oxygens (including phenoxy) is 1. The van der Waals surface area contributed by atoms with Crippen molar-refractivity contribution in [2.24, 2.45) is 4.99 Å². The number of aliphatic imine (C=N–C) groups is 1. The highest BCUT2D eigenvalue weighted by atomic mass is 127. The van der Waals surface area contributed by atoms with Gasteiger partial charge in [-0.15, -0.1) is 24.0 Å². The summed E-state index contributed by atoms with van der Waals surface area (Å²) in [4.78, 5) is 8.50. The molecule has 2 aromatic rings. The summed E-state index contributed by atoms with van der Waals surface area (Å²) in [5.74, 6) is 0.782. The molecule has 0 fully saturated rings. The Kier molecular flexibility index (Phi) is 11.1. The Hall–Kier alpha value is -1.75. The van der Waals surface area contributed by atoms with Crippen molar-refractivity contribution in [1.82, 2.24) is 15.6 Å². The number of hydrogen-bond donors (Lipinski definition) is 2. The highest BCUT2D eigenvalue weighted by molar-refractivity contribution is 14.0. The van der Waals surface area contributed by atoms with Crippen molar-refractivity contribution in [1.29, 1.82) is 0 Å². The number of nitrogens with zero attached hydrogens (tertiary/aromatic N) is 2. The molecule has 0 spiro atoms. The van der Waals surface area contributed by atoms with Gasteiger partial charge in [-0.05, 0) is 42.7 Å². The normalized spacial score (nSPS) is 11.6. The van der Waals surface area contributed by atoms with E-state index in [1.807, 2.05) is 13.0 Å². The molecule has 2 N–H and O–H groups in total. The van der Waals surface area contributed by atoms with Gasteiger partial charge in [0.25, 0.3) is 0 Å². The van der Waals surface area contributed by atoms with E-state index in [1.165, 1.54) is 6.07 Å². The number of pyridine rings is 1. The molecule has 0 saturated carbocycles. The van der Waals surface area contributed by atoms with Gasteiger partial charge in [0.2, 0.25) is 0 Å². The van der Waals surface area contributed by atoms with Crippen LogP contribution >= 0.6 is 35.6 Å². The SMILES string of the molecule is CCNC(=NCc1cccc(OCC(F)(F)F)c1)NCCc1ccc(Cl)nc1.I. The summed E-state index contributed by atoms with van der Waals surface area (Å²) in [6.45, 7) is 2.27. The molecular weight excluding hydrogens is 520 g/mol. The second-order valence-corrected chi connectivity index (χ2v) is 6.30. The van der Waals surface area contributed by atoms with Crippen molar-refractivity contribution < 1.29 is 17.9 Å². The zero-order chi connectivity index (χ0) is 20.4. The van der Waals surface area contributed by atoms with Crippen LogP contribution in [-0.2, 0) is 13.0 Å². The number of hydrogen-bond acceptors (Lipinski definition) is 3. The molecule has 1 aromatic heterocycles. The van der Waals surface area contributed by atoms with E-state index in [4.69, 9.17) is 16.3 Å². The van der Waals surface area contributed by atoms with E-state index in [1.54, 1.807) is 30.5 Å². The quantitative estimate of drug-likeness (QED) is 0.222. The van der Waals surface area contributed by atoms with Crippen LogP contribution in [0.25, 0.3) is 0 Å². The van der Waals surface area contributed by atoms with Gasteiger partial charge in [0.05, 0.1) is 6.54 Å². The molecular formula is C19H23ClF3IN4O. The van der Waals surface area contributed by atoms with Gasteiger partial charge in [-0.2, -0.15) is 13.2 Å². The Balaban J connectivity index is 0.00000420. The van der Waals surface area contributed by atoms with Crippen LogP contribution in [0.5, 0.6) is 5.75 Å². The van der Waals surface area contributed by atoms with Gasteiger partial charge < -0.3 is 15.4 Å². The van der Waals surface area contributed by atoms with Crippen LogP contribution in [0.2, 0.25) is 5.15 Å². The maximum Gasteiger partial charge on any atom is 0.422 e.